The molecule has 0 amide bonds. The summed E-state index contributed by atoms with van der Waals surface area (Å²) in [7, 11) is 1.31. The number of carbonyl (C=O) groups is 1. The molecule has 104 valence electrons. The normalized spacial score (nSPS) is 21.6. The molecule has 0 aromatic heterocycles. The van der Waals surface area contributed by atoms with E-state index in [-0.39, 0.29) is 23.2 Å². The Morgan fingerprint density at radius 3 is 2.63 bits per heavy atom. The molecule has 0 saturated heterocycles. The summed E-state index contributed by atoms with van der Waals surface area (Å²) in [5, 5.41) is 9.04. The summed E-state index contributed by atoms with van der Waals surface area (Å²) in [5.74, 6) is -1.15. The van der Waals surface area contributed by atoms with Crippen LogP contribution in [0.25, 0.3) is 0 Å². The van der Waals surface area contributed by atoms with E-state index in [2.05, 4.69) is 6.92 Å². The van der Waals surface area contributed by atoms with Gasteiger partial charge in [-0.05, 0) is 18.8 Å². The Balaban J connectivity index is 2.16. The number of hydrogen-bond acceptors (Lipinski definition) is 3. The lowest BCUT2D eigenvalue weighted by molar-refractivity contribution is 0.0586. The third kappa shape index (κ3) is 2.80. The van der Waals surface area contributed by atoms with Gasteiger partial charge in [0.15, 0.2) is 11.6 Å². The maximum Gasteiger partial charge on any atom is 0.339 e. The number of halogens is 1. The van der Waals surface area contributed by atoms with Crippen LogP contribution in [0.2, 0.25) is 0 Å². The minimum Gasteiger partial charge on any atom is -0.496 e. The lowest BCUT2D eigenvalue weighted by atomic mass is 9.80. The van der Waals surface area contributed by atoms with Gasteiger partial charge in [0.2, 0.25) is 0 Å². The van der Waals surface area contributed by atoms with Crippen molar-refractivity contribution in [3.05, 3.63) is 23.5 Å². The molecule has 0 aliphatic heterocycles. The van der Waals surface area contributed by atoms with Gasteiger partial charge in [0.05, 0.1) is 13.2 Å². The molecule has 1 saturated carbocycles. The molecule has 1 aromatic rings. The molecule has 0 heterocycles. The molecule has 1 aromatic carbocycles. The number of benzene rings is 1. The van der Waals surface area contributed by atoms with Crippen molar-refractivity contribution in [3.63, 3.8) is 0 Å². The summed E-state index contributed by atoms with van der Waals surface area (Å²) in [4.78, 5) is 11.1. The molecular weight excluding hydrogens is 251 g/mol. The number of carboxylic acids is 1. The van der Waals surface area contributed by atoms with Crippen LogP contribution in [0.3, 0.4) is 0 Å². The van der Waals surface area contributed by atoms with Gasteiger partial charge in [-0.25, -0.2) is 9.18 Å². The predicted octanol–water partition coefficient (Wildman–Crippen LogP) is 3.10. The van der Waals surface area contributed by atoms with Gasteiger partial charge in [0.1, 0.15) is 11.3 Å². The molecule has 1 N–H and O–H groups in total. The molecule has 4 nitrogen and oxygen atoms in total. The van der Waals surface area contributed by atoms with E-state index in [1.807, 2.05) is 0 Å². The second-order valence-corrected chi connectivity index (χ2v) is 4.77. The van der Waals surface area contributed by atoms with E-state index in [0.717, 1.165) is 25.3 Å². The largest absolute Gasteiger partial charge is 0.496 e. The van der Waals surface area contributed by atoms with Crippen molar-refractivity contribution >= 4 is 5.97 Å². The fourth-order valence-corrected chi connectivity index (χ4v) is 2.25. The summed E-state index contributed by atoms with van der Waals surface area (Å²) >= 11 is 0. The molecule has 1 aliphatic rings. The van der Waals surface area contributed by atoms with Gasteiger partial charge in [0.25, 0.3) is 0 Å². The second-order valence-electron chi connectivity index (χ2n) is 4.77. The smallest absolute Gasteiger partial charge is 0.339 e. The van der Waals surface area contributed by atoms with Crippen LogP contribution in [0.5, 0.6) is 11.5 Å². The predicted molar refractivity (Wildman–Crippen MR) is 67.3 cm³/mol. The number of ether oxygens (including phenoxy) is 2. The first-order valence-corrected chi connectivity index (χ1v) is 6.32. The number of rotatable bonds is 5. The van der Waals surface area contributed by atoms with Gasteiger partial charge in [-0.3, -0.25) is 0 Å². The third-order valence-electron chi connectivity index (χ3n) is 3.55. The van der Waals surface area contributed by atoms with Crippen molar-refractivity contribution in [2.75, 3.05) is 7.11 Å². The molecule has 1 aliphatic carbocycles. The van der Waals surface area contributed by atoms with Crippen LogP contribution in [0.4, 0.5) is 4.39 Å². The number of hydrogen-bond donors (Lipinski definition) is 1. The van der Waals surface area contributed by atoms with Gasteiger partial charge >= 0.3 is 5.97 Å². The molecular formula is C14H17FO4. The minimum absolute atomic E-state index is 0.00241. The third-order valence-corrected chi connectivity index (χ3v) is 3.55. The lowest BCUT2D eigenvalue weighted by Crippen LogP contribution is -2.33. The number of aromatic carboxylic acids is 1. The number of methoxy groups -OCH3 is 1. The molecule has 0 bridgehead atoms. The van der Waals surface area contributed by atoms with Crippen molar-refractivity contribution in [1.82, 2.24) is 0 Å². The molecule has 0 spiro atoms. The lowest BCUT2D eigenvalue weighted by Gasteiger charge is -2.34. The van der Waals surface area contributed by atoms with E-state index >= 15 is 0 Å². The summed E-state index contributed by atoms with van der Waals surface area (Å²) in [6.07, 6.45) is 2.86. The molecule has 0 radical (unpaired) electrons. The van der Waals surface area contributed by atoms with Crippen LogP contribution in [0.15, 0.2) is 12.1 Å². The molecule has 1 fully saturated rings. The van der Waals surface area contributed by atoms with E-state index < -0.39 is 11.8 Å². The van der Waals surface area contributed by atoms with Crippen LogP contribution in [0, 0.1) is 11.7 Å². The quantitative estimate of drug-likeness (QED) is 0.891. The van der Waals surface area contributed by atoms with Crippen molar-refractivity contribution in [1.29, 1.82) is 0 Å². The van der Waals surface area contributed by atoms with Crippen molar-refractivity contribution in [2.24, 2.45) is 5.92 Å². The van der Waals surface area contributed by atoms with E-state index in [0.29, 0.717) is 5.92 Å². The van der Waals surface area contributed by atoms with Crippen molar-refractivity contribution in [3.8, 4) is 11.5 Å². The zero-order valence-electron chi connectivity index (χ0n) is 11.0. The van der Waals surface area contributed by atoms with Crippen LogP contribution in [-0.2, 0) is 0 Å². The first-order chi connectivity index (χ1) is 9.05. The Hall–Kier alpha value is -1.78. The highest BCUT2D eigenvalue weighted by Gasteiger charge is 2.30. The maximum atomic E-state index is 13.8. The van der Waals surface area contributed by atoms with Crippen LogP contribution in [0.1, 0.15) is 36.5 Å². The molecule has 2 rings (SSSR count). The zero-order valence-corrected chi connectivity index (χ0v) is 11.0. The molecule has 19 heavy (non-hydrogen) atoms. The summed E-state index contributed by atoms with van der Waals surface area (Å²) < 4.78 is 24.1. The fraction of sp³-hybridized carbons (Fsp3) is 0.500. The first-order valence-electron chi connectivity index (χ1n) is 6.32. The van der Waals surface area contributed by atoms with Crippen molar-refractivity contribution in [2.45, 2.75) is 32.3 Å². The van der Waals surface area contributed by atoms with Crippen LogP contribution in [-0.4, -0.2) is 24.3 Å². The first kappa shape index (κ1) is 13.6. The summed E-state index contributed by atoms with van der Waals surface area (Å²) in [5.41, 5.74) is -0.0923. The Morgan fingerprint density at radius 2 is 2.11 bits per heavy atom. The summed E-state index contributed by atoms with van der Waals surface area (Å²) in [6, 6.07) is 2.24. The van der Waals surface area contributed by atoms with E-state index in [1.54, 1.807) is 0 Å². The van der Waals surface area contributed by atoms with E-state index in [4.69, 9.17) is 14.6 Å². The Kier molecular flexibility index (Phi) is 3.93. The van der Waals surface area contributed by atoms with Gasteiger partial charge in [-0.2, -0.15) is 0 Å². The SMILES string of the molecule is CCC1CC(Oc2cc(C(=O)O)c(OC)cc2F)C1. The highest BCUT2D eigenvalue weighted by molar-refractivity contribution is 5.91. The number of carboxylic acid groups (broad SMARTS) is 1. The fourth-order valence-electron chi connectivity index (χ4n) is 2.25. The second kappa shape index (κ2) is 5.47. The Morgan fingerprint density at radius 1 is 1.42 bits per heavy atom. The van der Waals surface area contributed by atoms with Crippen LogP contribution >= 0.6 is 0 Å². The Bertz CT molecular complexity index is 481. The highest BCUT2D eigenvalue weighted by atomic mass is 19.1. The van der Waals surface area contributed by atoms with Crippen LogP contribution < -0.4 is 9.47 Å². The van der Waals surface area contributed by atoms with Crippen molar-refractivity contribution < 1.29 is 23.8 Å². The maximum absolute atomic E-state index is 13.8. The van der Waals surface area contributed by atoms with Gasteiger partial charge in [-0.15, -0.1) is 0 Å². The van der Waals surface area contributed by atoms with Gasteiger partial charge < -0.3 is 14.6 Å². The van der Waals surface area contributed by atoms with E-state index in [9.17, 15) is 9.18 Å². The standard InChI is InChI=1S/C14H17FO4/c1-3-8-4-9(5-8)19-13-6-10(14(16)17)12(18-2)7-11(13)15/h6-9H,3-5H2,1-2H3,(H,16,17). The zero-order chi connectivity index (χ0) is 14.0. The molecule has 0 atom stereocenters. The van der Waals surface area contributed by atoms with E-state index in [1.165, 1.54) is 13.2 Å². The molecule has 5 heteroatoms. The van der Waals surface area contributed by atoms with Gasteiger partial charge in [-0.1, -0.05) is 13.3 Å². The Labute approximate surface area is 111 Å². The highest BCUT2D eigenvalue weighted by Crippen LogP contribution is 2.35. The average Bonchev–Trinajstić information content (AvgIpc) is 2.33. The monoisotopic (exact) mass is 268 g/mol. The van der Waals surface area contributed by atoms with Gasteiger partial charge in [0, 0.05) is 12.1 Å². The average molecular weight is 268 g/mol. The summed E-state index contributed by atoms with van der Waals surface area (Å²) in [6.45, 7) is 2.11. The minimum atomic E-state index is -1.17. The molecule has 0 unspecified atom stereocenters. The topological polar surface area (TPSA) is 55.8 Å².